The van der Waals surface area contributed by atoms with E-state index in [2.05, 4.69) is 16.0 Å². The highest BCUT2D eigenvalue weighted by molar-refractivity contribution is 5.95. The number of phenols is 1. The van der Waals surface area contributed by atoms with Crippen LogP contribution in [0.1, 0.15) is 32.3 Å². The van der Waals surface area contributed by atoms with Gasteiger partial charge >= 0.3 is 11.9 Å². The molecule has 0 aliphatic rings. The number of phenolic OH excluding ortho intramolecular Hbond substituents is 1. The van der Waals surface area contributed by atoms with Crippen molar-refractivity contribution >= 4 is 29.7 Å². The zero-order valence-corrected chi connectivity index (χ0v) is 19.4. The van der Waals surface area contributed by atoms with Crippen molar-refractivity contribution in [2.45, 2.75) is 57.3 Å². The fourth-order valence-electron chi connectivity index (χ4n) is 3.04. The third kappa shape index (κ3) is 9.59. The Balaban J connectivity index is 3.14. The van der Waals surface area contributed by atoms with Crippen LogP contribution in [-0.4, -0.2) is 80.9 Å². The van der Waals surface area contributed by atoms with E-state index >= 15 is 0 Å². The molecule has 13 heteroatoms. The molecule has 0 spiro atoms. The Hall–Kier alpha value is -3.71. The lowest BCUT2D eigenvalue weighted by Crippen LogP contribution is -2.59. The molecule has 0 fully saturated rings. The predicted octanol–water partition coefficient (Wildman–Crippen LogP) is -1.69. The molecule has 0 bridgehead atoms. The molecular weight excluding hydrogens is 464 g/mol. The lowest BCUT2D eigenvalue weighted by Gasteiger charge is -2.27. The Kier molecular flexibility index (Phi) is 11.6. The predicted molar refractivity (Wildman–Crippen MR) is 122 cm³/mol. The number of aromatic hydroxyl groups is 1. The Morgan fingerprint density at radius 1 is 0.914 bits per heavy atom. The number of carboxylic acids is 2. The van der Waals surface area contributed by atoms with Gasteiger partial charge in [-0.25, -0.2) is 4.79 Å². The van der Waals surface area contributed by atoms with Crippen molar-refractivity contribution in [3.63, 3.8) is 0 Å². The van der Waals surface area contributed by atoms with Gasteiger partial charge in [0.2, 0.25) is 17.7 Å². The number of aliphatic hydroxyl groups is 1. The summed E-state index contributed by atoms with van der Waals surface area (Å²) >= 11 is 0. The number of nitrogens with two attached hydrogens (primary N) is 1. The molecule has 0 aliphatic carbocycles. The number of carboxylic acid groups (broad SMARTS) is 2. The van der Waals surface area contributed by atoms with Crippen LogP contribution >= 0.6 is 0 Å². The quantitative estimate of drug-likeness (QED) is 0.146. The molecule has 5 atom stereocenters. The summed E-state index contributed by atoms with van der Waals surface area (Å²) in [4.78, 5) is 60.3. The third-order valence-electron chi connectivity index (χ3n) is 5.33. The van der Waals surface area contributed by atoms with Crippen molar-refractivity contribution in [2.75, 3.05) is 6.61 Å². The number of carbonyl (C=O) groups is 5. The zero-order valence-electron chi connectivity index (χ0n) is 19.4. The van der Waals surface area contributed by atoms with Crippen molar-refractivity contribution in [1.82, 2.24) is 16.0 Å². The molecule has 0 heterocycles. The molecule has 0 aliphatic heterocycles. The molecule has 0 saturated carbocycles. The zero-order chi connectivity index (χ0) is 26.7. The van der Waals surface area contributed by atoms with Crippen molar-refractivity contribution < 1.29 is 44.4 Å². The minimum absolute atomic E-state index is 0.0257. The van der Waals surface area contributed by atoms with E-state index in [1.54, 1.807) is 13.8 Å². The van der Waals surface area contributed by atoms with Gasteiger partial charge in [-0.05, 0) is 23.6 Å². The van der Waals surface area contributed by atoms with E-state index in [1.807, 2.05) is 0 Å². The van der Waals surface area contributed by atoms with E-state index in [4.69, 9.17) is 15.9 Å². The SMILES string of the molecule is CCC(C)C(NC(=O)C(N)CC(=O)O)C(=O)NC(Cc1ccc(O)cc1)C(=O)NC(CO)C(=O)O. The average molecular weight is 497 g/mol. The number of amides is 3. The van der Waals surface area contributed by atoms with Crippen molar-refractivity contribution in [3.05, 3.63) is 29.8 Å². The van der Waals surface area contributed by atoms with Gasteiger partial charge in [0.1, 0.15) is 23.9 Å². The van der Waals surface area contributed by atoms with Crippen LogP contribution in [0.15, 0.2) is 24.3 Å². The summed E-state index contributed by atoms with van der Waals surface area (Å²) in [5.74, 6) is -5.76. The highest BCUT2D eigenvalue weighted by Crippen LogP contribution is 2.13. The Morgan fingerprint density at radius 2 is 1.49 bits per heavy atom. The van der Waals surface area contributed by atoms with E-state index in [9.17, 15) is 34.2 Å². The summed E-state index contributed by atoms with van der Waals surface area (Å²) in [5, 5.41) is 43.7. The first-order chi connectivity index (χ1) is 16.4. The Labute approximate surface area is 201 Å². The molecule has 1 aromatic carbocycles. The average Bonchev–Trinajstić information content (AvgIpc) is 2.80. The van der Waals surface area contributed by atoms with Gasteiger partial charge in [-0.15, -0.1) is 0 Å². The second-order valence-corrected chi connectivity index (χ2v) is 8.09. The number of aliphatic hydroxyl groups excluding tert-OH is 1. The fraction of sp³-hybridized carbons (Fsp3) is 0.500. The number of rotatable bonds is 14. The van der Waals surface area contributed by atoms with Crippen LogP contribution in [0.4, 0.5) is 0 Å². The highest BCUT2D eigenvalue weighted by atomic mass is 16.4. The van der Waals surface area contributed by atoms with Crippen LogP contribution in [0, 0.1) is 5.92 Å². The summed E-state index contributed by atoms with van der Waals surface area (Å²) in [7, 11) is 0. The van der Waals surface area contributed by atoms with Gasteiger partial charge in [0, 0.05) is 6.42 Å². The number of carbonyl (C=O) groups excluding carboxylic acids is 3. The molecule has 1 rings (SSSR count). The summed E-state index contributed by atoms with van der Waals surface area (Å²) in [5.41, 5.74) is 6.10. The van der Waals surface area contributed by atoms with E-state index in [1.165, 1.54) is 24.3 Å². The van der Waals surface area contributed by atoms with Crippen LogP contribution in [0.3, 0.4) is 0 Å². The molecule has 1 aromatic rings. The molecule has 35 heavy (non-hydrogen) atoms. The number of hydrogen-bond donors (Lipinski definition) is 8. The summed E-state index contributed by atoms with van der Waals surface area (Å²) in [6, 6.07) is 0.248. The summed E-state index contributed by atoms with van der Waals surface area (Å²) in [6.07, 6.45) is -0.313. The maximum Gasteiger partial charge on any atom is 0.328 e. The minimum Gasteiger partial charge on any atom is -0.508 e. The fourth-order valence-corrected chi connectivity index (χ4v) is 3.04. The standard InChI is InChI=1S/C22H32N4O9/c1-3-11(2)18(26-19(31)14(23)9-17(29)30)21(33)24-15(8-12-4-6-13(28)7-5-12)20(32)25-16(10-27)22(34)35/h4-7,11,14-16,18,27-28H,3,8-10,23H2,1-2H3,(H,24,33)(H,25,32)(H,26,31)(H,29,30)(H,34,35). The van der Waals surface area contributed by atoms with Crippen molar-refractivity contribution in [2.24, 2.45) is 11.7 Å². The second-order valence-electron chi connectivity index (χ2n) is 8.09. The molecule has 0 aromatic heterocycles. The molecule has 9 N–H and O–H groups in total. The highest BCUT2D eigenvalue weighted by Gasteiger charge is 2.32. The first-order valence-electron chi connectivity index (χ1n) is 10.9. The van der Waals surface area contributed by atoms with Crippen LogP contribution < -0.4 is 21.7 Å². The molecular formula is C22H32N4O9. The maximum absolute atomic E-state index is 13.1. The molecule has 194 valence electrons. The Bertz CT molecular complexity index is 907. The van der Waals surface area contributed by atoms with Crippen molar-refractivity contribution in [3.8, 4) is 5.75 Å². The van der Waals surface area contributed by atoms with Gasteiger partial charge in [-0.3, -0.25) is 19.2 Å². The van der Waals surface area contributed by atoms with Crippen molar-refractivity contribution in [1.29, 1.82) is 0 Å². The normalized spacial score (nSPS) is 15.1. The number of nitrogens with one attached hydrogen (secondary N) is 3. The number of aliphatic carboxylic acids is 2. The van der Waals surface area contributed by atoms with Gasteiger partial charge in [-0.1, -0.05) is 32.4 Å². The molecule has 0 saturated heterocycles. The van der Waals surface area contributed by atoms with Crippen LogP contribution in [0.5, 0.6) is 5.75 Å². The number of benzene rings is 1. The first-order valence-corrected chi connectivity index (χ1v) is 10.9. The van der Waals surface area contributed by atoms with E-state index < -0.39 is 72.8 Å². The van der Waals surface area contributed by atoms with E-state index in [-0.39, 0.29) is 12.2 Å². The van der Waals surface area contributed by atoms with Gasteiger partial charge in [-0.2, -0.15) is 0 Å². The van der Waals surface area contributed by atoms with Gasteiger partial charge in [0.25, 0.3) is 0 Å². The summed E-state index contributed by atoms with van der Waals surface area (Å²) in [6.45, 7) is 2.54. The topological polar surface area (TPSA) is 228 Å². The summed E-state index contributed by atoms with van der Waals surface area (Å²) < 4.78 is 0. The van der Waals surface area contributed by atoms with Gasteiger partial charge in [0.05, 0.1) is 19.1 Å². The van der Waals surface area contributed by atoms with E-state index in [0.29, 0.717) is 12.0 Å². The van der Waals surface area contributed by atoms with Crippen LogP contribution in [0.2, 0.25) is 0 Å². The lowest BCUT2D eigenvalue weighted by atomic mass is 9.96. The largest absolute Gasteiger partial charge is 0.508 e. The lowest BCUT2D eigenvalue weighted by molar-refractivity contribution is -0.143. The van der Waals surface area contributed by atoms with Crippen LogP contribution in [-0.2, 0) is 30.4 Å². The second kappa shape index (κ2) is 13.9. The maximum atomic E-state index is 13.1. The van der Waals surface area contributed by atoms with Gasteiger partial charge in [0.15, 0.2) is 0 Å². The number of hydrogen-bond acceptors (Lipinski definition) is 8. The smallest absolute Gasteiger partial charge is 0.328 e. The minimum atomic E-state index is -1.61. The molecule has 0 radical (unpaired) electrons. The van der Waals surface area contributed by atoms with Crippen LogP contribution in [0.25, 0.3) is 0 Å². The monoisotopic (exact) mass is 496 g/mol. The first kappa shape index (κ1) is 29.3. The molecule has 13 nitrogen and oxygen atoms in total. The third-order valence-corrected chi connectivity index (χ3v) is 5.33. The van der Waals surface area contributed by atoms with E-state index in [0.717, 1.165) is 0 Å². The molecule has 3 amide bonds. The van der Waals surface area contributed by atoms with Gasteiger partial charge < -0.3 is 42.1 Å². The molecule has 5 unspecified atom stereocenters. The Morgan fingerprint density at radius 3 is 1.97 bits per heavy atom.